The molecule has 2 aliphatic heterocycles. The normalized spacial score (nSPS) is 17.4. The Morgan fingerprint density at radius 2 is 1.56 bits per heavy atom. The second-order valence-electron chi connectivity index (χ2n) is 12.9. The lowest BCUT2D eigenvalue weighted by Gasteiger charge is -2.34. The van der Waals surface area contributed by atoms with Crippen LogP contribution in [-0.2, 0) is 24.4 Å². The summed E-state index contributed by atoms with van der Waals surface area (Å²) in [6.07, 6.45) is 3.09. The van der Waals surface area contributed by atoms with E-state index in [-0.39, 0.29) is 11.9 Å². The molecule has 0 bridgehead atoms. The third-order valence-electron chi connectivity index (χ3n) is 9.51. The van der Waals surface area contributed by atoms with Crippen LogP contribution in [-0.4, -0.2) is 100 Å². The van der Waals surface area contributed by atoms with Gasteiger partial charge in [0.2, 0.25) is 5.91 Å². The summed E-state index contributed by atoms with van der Waals surface area (Å²) < 4.78 is 19.1. The molecule has 256 valence electrons. The number of carbonyl (C=O) groups excluding carboxylic acids is 1. The van der Waals surface area contributed by atoms with Crippen LogP contribution in [0.4, 0.5) is 0 Å². The van der Waals surface area contributed by atoms with E-state index in [0.717, 1.165) is 88.1 Å². The SMILES string of the molecule is COc1cc(CN2CCN(Cc3ccc4c(c3)c(-c3ccc(C)cc3OC)cn4CCCNC(=O)C3CNCCN3)CC2)cc(OC)c1. The molecule has 2 fully saturated rings. The summed E-state index contributed by atoms with van der Waals surface area (Å²) in [5.41, 5.74) is 7.14. The van der Waals surface area contributed by atoms with Crippen molar-refractivity contribution < 1.29 is 19.0 Å². The zero-order chi connectivity index (χ0) is 33.5. The van der Waals surface area contributed by atoms with Crippen LogP contribution in [0.3, 0.4) is 0 Å². The number of aromatic nitrogens is 1. The predicted molar refractivity (Wildman–Crippen MR) is 191 cm³/mol. The zero-order valence-electron chi connectivity index (χ0n) is 28.8. The lowest BCUT2D eigenvalue weighted by atomic mass is 10.0. The fourth-order valence-corrected chi connectivity index (χ4v) is 6.87. The van der Waals surface area contributed by atoms with Gasteiger partial charge in [0, 0.05) is 106 Å². The van der Waals surface area contributed by atoms with E-state index in [9.17, 15) is 4.79 Å². The number of hydrogen-bond donors (Lipinski definition) is 3. The van der Waals surface area contributed by atoms with Gasteiger partial charge in [0.25, 0.3) is 0 Å². The molecule has 1 unspecified atom stereocenters. The lowest BCUT2D eigenvalue weighted by molar-refractivity contribution is -0.123. The summed E-state index contributed by atoms with van der Waals surface area (Å²) in [5, 5.41) is 10.9. The van der Waals surface area contributed by atoms with Gasteiger partial charge in [-0.25, -0.2) is 0 Å². The Bertz CT molecular complexity index is 1670. The third kappa shape index (κ3) is 8.13. The van der Waals surface area contributed by atoms with Crippen molar-refractivity contribution in [2.24, 2.45) is 0 Å². The molecule has 4 aromatic rings. The van der Waals surface area contributed by atoms with Gasteiger partial charge in [0.1, 0.15) is 17.2 Å². The Kier molecular flexibility index (Phi) is 11.2. The van der Waals surface area contributed by atoms with E-state index in [1.165, 1.54) is 33.2 Å². The predicted octanol–water partition coefficient (Wildman–Crippen LogP) is 4.03. The third-order valence-corrected chi connectivity index (χ3v) is 9.51. The summed E-state index contributed by atoms with van der Waals surface area (Å²) >= 11 is 0. The summed E-state index contributed by atoms with van der Waals surface area (Å²) in [6, 6.07) is 19.3. The second kappa shape index (κ2) is 15.9. The quantitative estimate of drug-likeness (QED) is 0.186. The minimum absolute atomic E-state index is 0.0654. The van der Waals surface area contributed by atoms with Gasteiger partial charge >= 0.3 is 0 Å². The second-order valence-corrected chi connectivity index (χ2v) is 12.9. The van der Waals surface area contributed by atoms with Crippen molar-refractivity contribution in [2.75, 3.05) is 73.7 Å². The van der Waals surface area contributed by atoms with Gasteiger partial charge in [0.15, 0.2) is 0 Å². The molecule has 3 N–H and O–H groups in total. The Labute approximate surface area is 284 Å². The van der Waals surface area contributed by atoms with Gasteiger partial charge in [-0.1, -0.05) is 18.2 Å². The lowest BCUT2D eigenvalue weighted by Crippen LogP contribution is -2.55. The average molecular weight is 655 g/mol. The molecule has 10 nitrogen and oxygen atoms in total. The Hall–Kier alpha value is -4.09. The number of piperazine rings is 2. The minimum atomic E-state index is -0.162. The first kappa shape index (κ1) is 33.8. The van der Waals surface area contributed by atoms with Gasteiger partial charge in [-0.15, -0.1) is 0 Å². The molecule has 2 saturated heterocycles. The van der Waals surface area contributed by atoms with Gasteiger partial charge in [0.05, 0.1) is 27.4 Å². The summed E-state index contributed by atoms with van der Waals surface area (Å²) in [7, 11) is 5.13. The van der Waals surface area contributed by atoms with Gasteiger partial charge in [-0.3, -0.25) is 14.6 Å². The van der Waals surface area contributed by atoms with Crippen molar-refractivity contribution in [3.63, 3.8) is 0 Å². The Morgan fingerprint density at radius 1 is 0.833 bits per heavy atom. The van der Waals surface area contributed by atoms with E-state index < -0.39 is 0 Å². The molecule has 1 atom stereocenters. The number of rotatable bonds is 13. The first-order valence-electron chi connectivity index (χ1n) is 17.1. The number of hydrogen-bond acceptors (Lipinski definition) is 8. The standard InChI is InChI=1S/C38H50N6O4/c1-27-6-8-32(37(18-27)48-4)34-26-44(13-5-10-41-38(45)35-23-39-11-12-40-35)36-9-7-28(21-33(34)36)24-42-14-16-43(17-15-42)25-29-19-30(46-2)22-31(20-29)47-3/h6-9,18-22,26,35,39-40H,5,10-17,23-25H2,1-4H3,(H,41,45). The van der Waals surface area contributed by atoms with Crippen LogP contribution in [0.15, 0.2) is 60.8 Å². The van der Waals surface area contributed by atoms with Crippen molar-refractivity contribution in [2.45, 2.75) is 39.0 Å². The highest BCUT2D eigenvalue weighted by Crippen LogP contribution is 2.38. The molecule has 2 aliphatic rings. The molecule has 1 aromatic heterocycles. The fraction of sp³-hybridized carbons (Fsp3) is 0.447. The monoisotopic (exact) mass is 654 g/mol. The number of ether oxygens (including phenoxy) is 3. The molecular weight excluding hydrogens is 604 g/mol. The maximum atomic E-state index is 12.6. The Balaban J connectivity index is 1.14. The zero-order valence-corrected chi connectivity index (χ0v) is 28.8. The molecule has 3 aromatic carbocycles. The number of amides is 1. The van der Waals surface area contributed by atoms with Crippen LogP contribution in [0.2, 0.25) is 0 Å². The minimum Gasteiger partial charge on any atom is -0.497 e. The number of aryl methyl sites for hydroxylation is 2. The van der Waals surface area contributed by atoms with E-state index in [1.54, 1.807) is 21.3 Å². The first-order valence-corrected chi connectivity index (χ1v) is 17.1. The first-order chi connectivity index (χ1) is 23.4. The van der Waals surface area contributed by atoms with Crippen molar-refractivity contribution >= 4 is 16.8 Å². The molecule has 0 saturated carbocycles. The van der Waals surface area contributed by atoms with E-state index in [4.69, 9.17) is 14.2 Å². The van der Waals surface area contributed by atoms with Crippen LogP contribution >= 0.6 is 0 Å². The number of methoxy groups -OCH3 is 3. The van der Waals surface area contributed by atoms with E-state index in [0.29, 0.717) is 13.1 Å². The molecular formula is C38H50N6O4. The molecule has 6 rings (SSSR count). The number of benzene rings is 3. The largest absolute Gasteiger partial charge is 0.497 e. The molecule has 10 heteroatoms. The topological polar surface area (TPSA) is 92.3 Å². The molecule has 0 aliphatic carbocycles. The number of nitrogens with zero attached hydrogens (tertiary/aromatic N) is 3. The number of nitrogens with one attached hydrogen (secondary N) is 3. The van der Waals surface area contributed by atoms with Crippen LogP contribution in [0.25, 0.3) is 22.0 Å². The van der Waals surface area contributed by atoms with Crippen LogP contribution in [0.5, 0.6) is 17.2 Å². The molecule has 48 heavy (non-hydrogen) atoms. The van der Waals surface area contributed by atoms with E-state index in [1.807, 2.05) is 6.07 Å². The average Bonchev–Trinajstić information content (AvgIpc) is 3.48. The van der Waals surface area contributed by atoms with Crippen molar-refractivity contribution in [1.29, 1.82) is 0 Å². The maximum Gasteiger partial charge on any atom is 0.238 e. The fourth-order valence-electron chi connectivity index (χ4n) is 6.87. The highest BCUT2D eigenvalue weighted by Gasteiger charge is 2.21. The highest BCUT2D eigenvalue weighted by atomic mass is 16.5. The molecule has 3 heterocycles. The van der Waals surface area contributed by atoms with Crippen molar-refractivity contribution in [3.05, 3.63) is 77.5 Å². The van der Waals surface area contributed by atoms with Gasteiger partial charge in [-0.05, 0) is 60.4 Å². The van der Waals surface area contributed by atoms with E-state index in [2.05, 4.69) is 92.0 Å². The highest BCUT2D eigenvalue weighted by molar-refractivity contribution is 5.98. The number of carbonyl (C=O) groups is 1. The smallest absolute Gasteiger partial charge is 0.238 e. The van der Waals surface area contributed by atoms with Crippen molar-refractivity contribution in [1.82, 2.24) is 30.3 Å². The molecule has 0 spiro atoms. The van der Waals surface area contributed by atoms with Gasteiger partial charge < -0.3 is 34.7 Å². The summed E-state index contributed by atoms with van der Waals surface area (Å²) in [4.78, 5) is 17.7. The van der Waals surface area contributed by atoms with Crippen molar-refractivity contribution in [3.8, 4) is 28.4 Å². The molecule has 1 amide bonds. The summed E-state index contributed by atoms with van der Waals surface area (Å²) in [6.45, 7) is 11.7. The number of fused-ring (bicyclic) bond motifs is 1. The summed E-state index contributed by atoms with van der Waals surface area (Å²) in [5.74, 6) is 2.60. The maximum absolute atomic E-state index is 12.6. The Morgan fingerprint density at radius 3 is 2.23 bits per heavy atom. The van der Waals surface area contributed by atoms with Gasteiger partial charge in [-0.2, -0.15) is 0 Å². The van der Waals surface area contributed by atoms with Crippen LogP contribution in [0, 0.1) is 6.92 Å². The molecule has 0 radical (unpaired) electrons. The van der Waals surface area contributed by atoms with E-state index >= 15 is 0 Å². The van der Waals surface area contributed by atoms with Crippen LogP contribution in [0.1, 0.15) is 23.1 Å². The van der Waals surface area contributed by atoms with Crippen LogP contribution < -0.4 is 30.2 Å².